The largest absolute Gasteiger partial charge is 0.508 e. The summed E-state index contributed by atoms with van der Waals surface area (Å²) in [6.07, 6.45) is 1.49. The van der Waals surface area contributed by atoms with Crippen molar-refractivity contribution in [3.8, 4) is 28.7 Å². The molecule has 0 saturated carbocycles. The number of benzene rings is 6. The molecule has 6 aromatic rings. The zero-order valence-electron chi connectivity index (χ0n) is 28.6. The van der Waals surface area contributed by atoms with Gasteiger partial charge in [-0.15, -0.1) is 0 Å². The number of diazo groups is 1. The van der Waals surface area contributed by atoms with Gasteiger partial charge in [0.15, 0.2) is 4.98 Å². The van der Waals surface area contributed by atoms with E-state index in [2.05, 4.69) is 4.98 Å². The fraction of sp³-hybridized carbons (Fsp3) is 0.171. The molecule has 4 N–H and O–H groups in total. The Bertz CT molecular complexity index is 2470. The van der Waals surface area contributed by atoms with Crippen LogP contribution in [0.1, 0.15) is 55.6 Å². The van der Waals surface area contributed by atoms with Crippen LogP contribution in [0.15, 0.2) is 95.9 Å². The van der Waals surface area contributed by atoms with Crippen LogP contribution in [-0.4, -0.2) is 28.8 Å². The Morgan fingerprint density at radius 3 is 1.69 bits per heavy atom. The van der Waals surface area contributed by atoms with E-state index in [1.807, 2.05) is 52.0 Å². The molecule has 0 aliphatic heterocycles. The lowest BCUT2D eigenvalue weighted by Crippen LogP contribution is -2.10. The number of rotatable bonds is 9. The Kier molecular flexibility index (Phi) is 9.34. The second-order valence-corrected chi connectivity index (χ2v) is 14.4. The van der Waals surface area contributed by atoms with E-state index in [1.165, 1.54) is 30.3 Å². The molecule has 9 nitrogen and oxygen atoms in total. The number of phenols is 4. The number of hydrogen-bond acceptors (Lipinski definition) is 8. The molecule has 0 atom stereocenters. The zero-order chi connectivity index (χ0) is 36.6. The Hall–Kier alpha value is -6.05. The van der Waals surface area contributed by atoms with E-state index in [0.29, 0.717) is 19.3 Å². The van der Waals surface area contributed by atoms with Gasteiger partial charge in [0, 0.05) is 40.8 Å². The van der Waals surface area contributed by atoms with E-state index >= 15 is 0 Å². The van der Waals surface area contributed by atoms with Gasteiger partial charge in [-0.2, -0.15) is 8.42 Å². The van der Waals surface area contributed by atoms with E-state index in [9.17, 15) is 28.8 Å². The van der Waals surface area contributed by atoms with Crippen LogP contribution in [0.2, 0.25) is 0 Å². The van der Waals surface area contributed by atoms with Crippen molar-refractivity contribution in [1.29, 1.82) is 5.39 Å². The van der Waals surface area contributed by atoms with Crippen molar-refractivity contribution in [2.24, 2.45) is 0 Å². The van der Waals surface area contributed by atoms with E-state index < -0.39 is 10.1 Å². The summed E-state index contributed by atoms with van der Waals surface area (Å²) in [5.74, 6) is 0.383. The molecule has 51 heavy (non-hydrogen) atoms. The SMILES string of the molecule is Cc1cc(Cc2cc(C)c(O)c(Cc3ccc(OS(=O)(=O)c4cccc5c(O)c([N+]#N)ccc45)cc3)c2C)c(C)c(Cc2ccc(O)cc2)c1O. The van der Waals surface area contributed by atoms with Gasteiger partial charge in [0.1, 0.15) is 27.9 Å². The molecule has 0 saturated heterocycles. The molecule has 0 bridgehead atoms. The van der Waals surface area contributed by atoms with Crippen LogP contribution in [0.5, 0.6) is 28.7 Å². The maximum absolute atomic E-state index is 13.3. The third kappa shape index (κ3) is 6.89. The first-order valence-electron chi connectivity index (χ1n) is 16.3. The number of nitrogens with zero attached hydrogens (tertiary/aromatic N) is 2. The average molecular weight is 702 g/mol. The lowest BCUT2D eigenvalue weighted by atomic mass is 9.87. The Morgan fingerprint density at radius 2 is 1.16 bits per heavy atom. The van der Waals surface area contributed by atoms with Gasteiger partial charge in [-0.3, -0.25) is 0 Å². The molecule has 0 aromatic heterocycles. The molecule has 0 fully saturated rings. The minimum atomic E-state index is -4.30. The molecule has 258 valence electrons. The second-order valence-electron chi connectivity index (χ2n) is 12.9. The summed E-state index contributed by atoms with van der Waals surface area (Å²) in [6.45, 7) is 7.73. The van der Waals surface area contributed by atoms with Crippen molar-refractivity contribution in [3.63, 3.8) is 0 Å². The quantitative estimate of drug-likeness (QED) is 0.0861. The van der Waals surface area contributed by atoms with Gasteiger partial charge >= 0.3 is 15.8 Å². The molecule has 0 spiro atoms. The normalized spacial score (nSPS) is 11.4. The molecule has 0 aliphatic carbocycles. The monoisotopic (exact) mass is 701 g/mol. The number of fused-ring (bicyclic) bond motifs is 1. The highest BCUT2D eigenvalue weighted by atomic mass is 32.2. The minimum absolute atomic E-state index is 0.0859. The third-order valence-electron chi connectivity index (χ3n) is 9.53. The fourth-order valence-corrected chi connectivity index (χ4v) is 7.70. The molecule has 10 heteroatoms. The van der Waals surface area contributed by atoms with Crippen LogP contribution in [0.4, 0.5) is 5.69 Å². The third-order valence-corrected chi connectivity index (χ3v) is 10.8. The number of hydrogen-bond donors (Lipinski definition) is 4. The van der Waals surface area contributed by atoms with Crippen molar-refractivity contribution < 1.29 is 33.0 Å². The van der Waals surface area contributed by atoms with Gasteiger partial charge in [-0.05, 0) is 115 Å². The van der Waals surface area contributed by atoms with Gasteiger partial charge < -0.3 is 24.6 Å². The summed E-state index contributed by atoms with van der Waals surface area (Å²) >= 11 is 0. The number of aromatic hydroxyl groups is 4. The van der Waals surface area contributed by atoms with Gasteiger partial charge in [-0.25, -0.2) is 0 Å². The first-order valence-corrected chi connectivity index (χ1v) is 17.7. The van der Waals surface area contributed by atoms with E-state index in [-0.39, 0.29) is 50.1 Å². The maximum atomic E-state index is 13.3. The lowest BCUT2D eigenvalue weighted by molar-refractivity contribution is 0.464. The Labute approximate surface area is 296 Å². The molecule has 0 radical (unpaired) electrons. The highest BCUT2D eigenvalue weighted by molar-refractivity contribution is 7.87. The lowest BCUT2D eigenvalue weighted by Gasteiger charge is -2.20. The van der Waals surface area contributed by atoms with Crippen molar-refractivity contribution >= 4 is 26.6 Å². The van der Waals surface area contributed by atoms with Crippen LogP contribution in [0.25, 0.3) is 15.7 Å². The predicted octanol–water partition coefficient (Wildman–Crippen LogP) is 8.92. The predicted molar refractivity (Wildman–Crippen MR) is 196 cm³/mol. The van der Waals surface area contributed by atoms with Crippen LogP contribution < -0.4 is 4.18 Å². The van der Waals surface area contributed by atoms with Gasteiger partial charge in [0.2, 0.25) is 11.1 Å². The highest BCUT2D eigenvalue weighted by Crippen LogP contribution is 2.39. The Morgan fingerprint density at radius 1 is 0.627 bits per heavy atom. The first-order chi connectivity index (χ1) is 24.3. The van der Waals surface area contributed by atoms with Crippen molar-refractivity contribution in [2.45, 2.75) is 51.9 Å². The van der Waals surface area contributed by atoms with Crippen molar-refractivity contribution in [1.82, 2.24) is 0 Å². The van der Waals surface area contributed by atoms with E-state index in [1.54, 1.807) is 36.4 Å². The maximum Gasteiger partial charge on any atom is 0.426 e. The van der Waals surface area contributed by atoms with E-state index in [0.717, 1.165) is 55.6 Å². The second kappa shape index (κ2) is 13.7. The van der Waals surface area contributed by atoms with Crippen LogP contribution in [0.3, 0.4) is 0 Å². The topological polar surface area (TPSA) is 152 Å². The molecule has 0 amide bonds. The van der Waals surface area contributed by atoms with Crippen molar-refractivity contribution in [3.05, 3.63) is 152 Å². The molecule has 0 unspecified atom stereocenters. The smallest absolute Gasteiger partial charge is 0.426 e. The van der Waals surface area contributed by atoms with E-state index in [4.69, 9.17) is 9.58 Å². The summed E-state index contributed by atoms with van der Waals surface area (Å²) in [5.41, 5.74) is 8.82. The molecule has 0 aliphatic rings. The minimum Gasteiger partial charge on any atom is -0.508 e. The summed E-state index contributed by atoms with van der Waals surface area (Å²) in [7, 11) is -4.30. The van der Waals surface area contributed by atoms with Gasteiger partial charge in [0.25, 0.3) is 0 Å². The van der Waals surface area contributed by atoms with Crippen LogP contribution in [0, 0.1) is 33.1 Å². The average Bonchev–Trinajstić information content (AvgIpc) is 3.11. The summed E-state index contributed by atoms with van der Waals surface area (Å²) in [4.78, 5) is 2.87. The fourth-order valence-electron chi connectivity index (χ4n) is 6.56. The Balaban J connectivity index is 1.25. The van der Waals surface area contributed by atoms with Crippen LogP contribution >= 0.6 is 0 Å². The summed E-state index contributed by atoms with van der Waals surface area (Å²) in [6, 6.07) is 24.7. The molecule has 6 rings (SSSR count). The molecular formula is C41H37N2O7S+. The van der Waals surface area contributed by atoms with Gasteiger partial charge in [0.05, 0.1) is 0 Å². The van der Waals surface area contributed by atoms with Crippen molar-refractivity contribution in [2.75, 3.05) is 0 Å². The van der Waals surface area contributed by atoms with Gasteiger partial charge in [-0.1, -0.05) is 48.5 Å². The summed E-state index contributed by atoms with van der Waals surface area (Å²) < 4.78 is 32.1. The molecule has 0 heterocycles. The number of aryl methyl sites for hydroxylation is 2. The molecular weight excluding hydrogens is 665 g/mol. The van der Waals surface area contributed by atoms with Crippen LogP contribution in [-0.2, 0) is 29.4 Å². The molecule has 6 aromatic carbocycles. The highest BCUT2D eigenvalue weighted by Gasteiger charge is 2.24. The first kappa shape index (κ1) is 34.8. The summed E-state index contributed by atoms with van der Waals surface area (Å²) in [5, 5.41) is 51.8. The standard InChI is InChI=1S/C41H36N2O7S/c1-23-18-29(25(3)35(39(23)45)20-27-8-12-31(44)13-9-27)22-30-19-24(2)40(46)36(26(30)4)21-28-10-14-32(15-11-28)50-51(48,49)38-7-5-6-34-33(38)16-17-37(43-42)41(34)47/h5-19H,20-22H2,1-4H3,(H3-,44,45,46,47)/p+1. The number of phenolic OH excluding ortho intramolecular Hbond substituents is 4. The zero-order valence-corrected chi connectivity index (χ0v) is 29.4.